The third kappa shape index (κ3) is 2.03. The lowest BCUT2D eigenvalue weighted by atomic mass is 10.1. The van der Waals surface area contributed by atoms with Crippen molar-refractivity contribution in [2.24, 2.45) is 7.05 Å². The highest BCUT2D eigenvalue weighted by Crippen LogP contribution is 2.23. The van der Waals surface area contributed by atoms with Gasteiger partial charge in [0.15, 0.2) is 11.2 Å². The van der Waals surface area contributed by atoms with Crippen molar-refractivity contribution in [3.05, 3.63) is 62.6 Å². The molecule has 4 aromatic rings. The summed E-state index contributed by atoms with van der Waals surface area (Å²) >= 11 is 0. The number of aryl methyl sites for hydroxylation is 3. The Morgan fingerprint density at radius 2 is 1.85 bits per heavy atom. The van der Waals surface area contributed by atoms with Crippen LogP contribution in [0.2, 0.25) is 0 Å². The number of para-hydroxylation sites is 1. The van der Waals surface area contributed by atoms with E-state index >= 15 is 0 Å². The Kier molecular flexibility index (Phi) is 3.61. The Hall–Kier alpha value is -3.09. The van der Waals surface area contributed by atoms with Gasteiger partial charge in [-0.2, -0.15) is 4.98 Å². The minimum Gasteiger partial charge on any atom is -0.283 e. The lowest BCUT2D eigenvalue weighted by Gasteiger charge is -2.10. The van der Waals surface area contributed by atoms with E-state index in [1.807, 2.05) is 29.8 Å². The summed E-state index contributed by atoms with van der Waals surface area (Å²) in [4.78, 5) is 30.0. The molecule has 26 heavy (non-hydrogen) atoms. The van der Waals surface area contributed by atoms with E-state index in [-0.39, 0.29) is 11.2 Å². The molecule has 0 aliphatic carbocycles. The van der Waals surface area contributed by atoms with Gasteiger partial charge in [-0.15, -0.1) is 0 Å². The van der Waals surface area contributed by atoms with E-state index in [0.717, 1.165) is 17.8 Å². The smallest absolute Gasteiger partial charge is 0.283 e. The third-order valence-electron chi connectivity index (χ3n) is 4.96. The molecule has 0 unspecified atom stereocenters. The van der Waals surface area contributed by atoms with E-state index < -0.39 is 0 Å². The number of rotatable bonds is 3. The van der Waals surface area contributed by atoms with Gasteiger partial charge in [0.2, 0.25) is 5.78 Å². The minimum absolute atomic E-state index is 0.306. The van der Waals surface area contributed by atoms with Gasteiger partial charge in [-0.25, -0.2) is 4.79 Å². The topological polar surface area (TPSA) is 66.2 Å². The summed E-state index contributed by atoms with van der Waals surface area (Å²) in [5, 5.41) is 0. The van der Waals surface area contributed by atoms with Crippen LogP contribution in [0.4, 0.5) is 0 Å². The highest BCUT2D eigenvalue weighted by Gasteiger charge is 2.20. The van der Waals surface area contributed by atoms with Crippen molar-refractivity contribution in [2.45, 2.75) is 33.7 Å². The second kappa shape index (κ2) is 5.72. The molecule has 0 radical (unpaired) electrons. The zero-order valence-electron chi connectivity index (χ0n) is 15.4. The Balaban J connectivity index is 2.19. The normalized spacial score (nSPS) is 11.7. The molecule has 0 saturated heterocycles. The molecule has 0 fully saturated rings. The van der Waals surface area contributed by atoms with E-state index in [0.29, 0.717) is 23.5 Å². The first-order valence-corrected chi connectivity index (χ1v) is 8.77. The maximum absolute atomic E-state index is 12.9. The second-order valence-electron chi connectivity index (χ2n) is 6.43. The SMILES string of the molecule is CCc1ccccc1-n1c(C)cn2c3c(=O)n(CC)c(=O)n(C)c3nc12. The fourth-order valence-electron chi connectivity index (χ4n) is 3.62. The lowest BCUT2D eigenvalue weighted by molar-refractivity contribution is 0.637. The summed E-state index contributed by atoms with van der Waals surface area (Å²) in [7, 11) is 1.65. The predicted molar refractivity (Wildman–Crippen MR) is 101 cm³/mol. The summed E-state index contributed by atoms with van der Waals surface area (Å²) in [5.41, 5.74) is 3.40. The summed E-state index contributed by atoms with van der Waals surface area (Å²) in [5.74, 6) is 0.638. The maximum Gasteiger partial charge on any atom is 0.332 e. The Labute approximate surface area is 149 Å². The third-order valence-corrected chi connectivity index (χ3v) is 4.96. The molecule has 0 atom stereocenters. The van der Waals surface area contributed by atoms with Crippen LogP contribution in [0, 0.1) is 6.92 Å². The number of nitrogens with zero attached hydrogens (tertiary/aromatic N) is 5. The quantitative estimate of drug-likeness (QED) is 0.567. The average molecular weight is 351 g/mol. The van der Waals surface area contributed by atoms with E-state index in [4.69, 9.17) is 0 Å². The molecule has 4 rings (SSSR count). The number of hydrogen-bond donors (Lipinski definition) is 0. The van der Waals surface area contributed by atoms with Crippen molar-refractivity contribution in [2.75, 3.05) is 0 Å². The van der Waals surface area contributed by atoms with Crippen LogP contribution in [0.3, 0.4) is 0 Å². The first-order chi connectivity index (χ1) is 12.5. The van der Waals surface area contributed by atoms with Crippen molar-refractivity contribution < 1.29 is 0 Å². The van der Waals surface area contributed by atoms with Gasteiger partial charge in [-0.05, 0) is 31.9 Å². The molecule has 1 aromatic carbocycles. The van der Waals surface area contributed by atoms with Crippen LogP contribution in [0.25, 0.3) is 22.6 Å². The molecule has 0 N–H and O–H groups in total. The highest BCUT2D eigenvalue weighted by molar-refractivity contribution is 5.76. The maximum atomic E-state index is 12.9. The van der Waals surface area contributed by atoms with Crippen molar-refractivity contribution in [1.82, 2.24) is 23.1 Å². The van der Waals surface area contributed by atoms with Crippen LogP contribution in [0.1, 0.15) is 25.1 Å². The van der Waals surface area contributed by atoms with E-state index in [2.05, 4.69) is 24.0 Å². The summed E-state index contributed by atoms with van der Waals surface area (Å²) in [6.45, 7) is 6.22. The first kappa shape index (κ1) is 16.4. The lowest BCUT2D eigenvalue weighted by Crippen LogP contribution is -2.38. The molecule has 7 heteroatoms. The van der Waals surface area contributed by atoms with E-state index in [9.17, 15) is 9.59 Å². The van der Waals surface area contributed by atoms with Crippen LogP contribution in [0.5, 0.6) is 0 Å². The van der Waals surface area contributed by atoms with Gasteiger partial charge >= 0.3 is 5.69 Å². The molecule has 3 aromatic heterocycles. The molecular formula is C19H21N5O2. The molecule has 0 amide bonds. The van der Waals surface area contributed by atoms with Crippen molar-refractivity contribution >= 4 is 16.9 Å². The van der Waals surface area contributed by atoms with Crippen LogP contribution in [-0.2, 0) is 20.0 Å². The summed E-state index contributed by atoms with van der Waals surface area (Å²) in [6, 6.07) is 8.15. The van der Waals surface area contributed by atoms with Gasteiger partial charge in [-0.3, -0.25) is 22.9 Å². The van der Waals surface area contributed by atoms with Gasteiger partial charge in [-0.1, -0.05) is 25.1 Å². The molecule has 7 nitrogen and oxygen atoms in total. The molecule has 0 saturated carbocycles. The van der Waals surface area contributed by atoms with Gasteiger partial charge in [0, 0.05) is 25.5 Å². The average Bonchev–Trinajstić information content (AvgIpc) is 3.15. The number of benzene rings is 1. The monoisotopic (exact) mass is 351 g/mol. The van der Waals surface area contributed by atoms with E-state index in [1.54, 1.807) is 18.4 Å². The van der Waals surface area contributed by atoms with Crippen LogP contribution < -0.4 is 11.2 Å². The molecule has 0 bridgehead atoms. The van der Waals surface area contributed by atoms with Crippen LogP contribution in [-0.4, -0.2) is 23.1 Å². The van der Waals surface area contributed by atoms with Gasteiger partial charge in [0.1, 0.15) is 0 Å². The van der Waals surface area contributed by atoms with Crippen molar-refractivity contribution in [3.63, 3.8) is 0 Å². The van der Waals surface area contributed by atoms with Gasteiger partial charge < -0.3 is 0 Å². The first-order valence-electron chi connectivity index (χ1n) is 8.77. The van der Waals surface area contributed by atoms with Gasteiger partial charge in [0.25, 0.3) is 5.56 Å². The minimum atomic E-state index is -0.344. The standard InChI is InChI=1S/C19H21N5O2/c1-5-13-9-7-8-10-14(13)24-12(3)11-23-15-16(20-18(23)24)21(4)19(26)22(6-2)17(15)25/h7-11H,5-6H2,1-4H3. The molecule has 0 aliphatic rings. The fourth-order valence-corrected chi connectivity index (χ4v) is 3.62. The number of imidazole rings is 2. The summed E-state index contributed by atoms with van der Waals surface area (Å²) in [6.07, 6.45) is 2.80. The zero-order chi connectivity index (χ0) is 18.6. The molecular weight excluding hydrogens is 330 g/mol. The Morgan fingerprint density at radius 1 is 1.12 bits per heavy atom. The zero-order valence-corrected chi connectivity index (χ0v) is 15.4. The molecule has 3 heterocycles. The second-order valence-corrected chi connectivity index (χ2v) is 6.43. The van der Waals surface area contributed by atoms with Crippen LogP contribution in [0.15, 0.2) is 40.1 Å². The highest BCUT2D eigenvalue weighted by atomic mass is 16.2. The Morgan fingerprint density at radius 3 is 2.54 bits per heavy atom. The van der Waals surface area contributed by atoms with Gasteiger partial charge in [0.05, 0.1) is 5.69 Å². The molecule has 134 valence electrons. The molecule has 0 spiro atoms. The summed E-state index contributed by atoms with van der Waals surface area (Å²) < 4.78 is 6.52. The number of aromatic nitrogens is 5. The van der Waals surface area contributed by atoms with E-state index in [1.165, 1.54) is 14.7 Å². The largest absolute Gasteiger partial charge is 0.332 e. The van der Waals surface area contributed by atoms with Crippen molar-refractivity contribution in [3.8, 4) is 5.69 Å². The molecule has 0 aliphatic heterocycles. The number of hydrogen-bond acceptors (Lipinski definition) is 3. The fraction of sp³-hybridized carbons (Fsp3) is 0.316. The predicted octanol–water partition coefficient (Wildman–Crippen LogP) is 2.03. The van der Waals surface area contributed by atoms with Crippen molar-refractivity contribution in [1.29, 1.82) is 0 Å². The number of fused-ring (bicyclic) bond motifs is 3. The van der Waals surface area contributed by atoms with Crippen LogP contribution >= 0.6 is 0 Å². The Bertz CT molecular complexity index is 1270.